The average molecular weight is 432 g/mol. The second-order valence-corrected chi connectivity index (χ2v) is 7.39. The molecule has 0 spiro atoms. The second-order valence-electron chi connectivity index (χ2n) is 6.55. The highest BCUT2D eigenvalue weighted by atomic mass is 32.1. The van der Waals surface area contributed by atoms with E-state index in [1.165, 1.54) is 29.1 Å². The summed E-state index contributed by atoms with van der Waals surface area (Å²) < 4.78 is 29.9. The van der Waals surface area contributed by atoms with Crippen LogP contribution in [-0.4, -0.2) is 46.8 Å². The number of ether oxygens (including phenoxy) is 1. The molecular formula is C19H18F2N6O2S. The summed E-state index contributed by atoms with van der Waals surface area (Å²) in [6.45, 7) is -1.55. The van der Waals surface area contributed by atoms with Gasteiger partial charge in [-0.1, -0.05) is 23.5 Å². The first-order valence-electron chi connectivity index (χ1n) is 9.17. The third-order valence-electron chi connectivity index (χ3n) is 4.57. The Bertz CT molecular complexity index is 987. The zero-order valence-corrected chi connectivity index (χ0v) is 16.5. The van der Waals surface area contributed by atoms with Crippen molar-refractivity contribution in [1.29, 1.82) is 0 Å². The number of amides is 1. The number of hydrogen-bond donors (Lipinski definition) is 2. The first-order chi connectivity index (χ1) is 14.6. The molecule has 1 fully saturated rings. The van der Waals surface area contributed by atoms with Gasteiger partial charge in [-0.25, -0.2) is 4.98 Å². The Hall–Kier alpha value is -3.34. The lowest BCUT2D eigenvalue weighted by atomic mass is 10.2. The normalized spacial score (nSPS) is 16.0. The smallest absolute Gasteiger partial charge is 0.387 e. The van der Waals surface area contributed by atoms with E-state index in [0.29, 0.717) is 35.3 Å². The minimum Gasteiger partial charge on any atom is -0.433 e. The molecule has 0 radical (unpaired) electrons. The molecule has 0 aliphatic carbocycles. The van der Waals surface area contributed by atoms with Gasteiger partial charge in [-0.2, -0.15) is 8.78 Å². The van der Waals surface area contributed by atoms with Gasteiger partial charge in [0.2, 0.25) is 5.13 Å². The average Bonchev–Trinajstić information content (AvgIpc) is 3.41. The number of aromatic nitrogens is 3. The quantitative estimate of drug-likeness (QED) is 0.591. The number of nitrogens with zero attached hydrogens (tertiary/aromatic N) is 4. The van der Waals surface area contributed by atoms with Gasteiger partial charge in [0.15, 0.2) is 0 Å². The molecule has 3 heterocycles. The van der Waals surface area contributed by atoms with E-state index < -0.39 is 6.61 Å². The molecule has 11 heteroatoms. The second kappa shape index (κ2) is 8.99. The van der Waals surface area contributed by atoms with Crippen LogP contribution in [0.15, 0.2) is 48.1 Å². The highest BCUT2D eigenvalue weighted by Crippen LogP contribution is 2.32. The van der Waals surface area contributed by atoms with Crippen molar-refractivity contribution < 1.29 is 18.3 Å². The minimum absolute atomic E-state index is 0.0816. The Morgan fingerprint density at radius 2 is 2.13 bits per heavy atom. The molecule has 1 aromatic carbocycles. The van der Waals surface area contributed by atoms with Crippen molar-refractivity contribution in [3.63, 3.8) is 0 Å². The van der Waals surface area contributed by atoms with Gasteiger partial charge in [-0.3, -0.25) is 10.1 Å². The van der Waals surface area contributed by atoms with Crippen LogP contribution in [0.25, 0.3) is 0 Å². The fourth-order valence-electron chi connectivity index (χ4n) is 3.23. The summed E-state index contributed by atoms with van der Waals surface area (Å²) in [5, 5.41) is 13.8. The van der Waals surface area contributed by atoms with E-state index in [0.717, 1.165) is 6.42 Å². The van der Waals surface area contributed by atoms with Crippen LogP contribution in [0, 0.1) is 0 Å². The van der Waals surface area contributed by atoms with E-state index in [1.54, 1.807) is 30.3 Å². The van der Waals surface area contributed by atoms with Gasteiger partial charge in [-0.15, -0.1) is 10.2 Å². The summed E-state index contributed by atoms with van der Waals surface area (Å²) in [4.78, 5) is 18.5. The number of nitrogens with one attached hydrogen (secondary N) is 2. The van der Waals surface area contributed by atoms with Crippen LogP contribution in [0.4, 0.5) is 25.4 Å². The molecule has 156 valence electrons. The van der Waals surface area contributed by atoms with E-state index in [4.69, 9.17) is 0 Å². The van der Waals surface area contributed by atoms with Crippen LogP contribution in [0.5, 0.6) is 5.75 Å². The number of para-hydroxylation sites is 2. The standard InChI is InChI=1S/C19H18F2N6O2S/c20-18(21)29-15-4-2-1-3-14(15)27-8-7-13(10-27)24-16-6-5-12(9-22-16)17(28)25-19-26-23-11-30-19/h1-6,9,11,13,18H,7-8,10H2,(H,22,24)(H,25,26,28). The van der Waals surface area contributed by atoms with Crippen LogP contribution in [0.2, 0.25) is 0 Å². The van der Waals surface area contributed by atoms with Crippen molar-refractivity contribution in [2.45, 2.75) is 19.1 Å². The maximum atomic E-state index is 12.7. The van der Waals surface area contributed by atoms with Gasteiger partial charge in [0.25, 0.3) is 5.91 Å². The van der Waals surface area contributed by atoms with Crippen molar-refractivity contribution >= 4 is 33.9 Å². The minimum atomic E-state index is -2.87. The molecule has 1 atom stereocenters. The number of halogens is 2. The molecule has 1 saturated heterocycles. The van der Waals surface area contributed by atoms with Gasteiger partial charge in [0.1, 0.15) is 17.1 Å². The first kappa shape index (κ1) is 20.0. The maximum Gasteiger partial charge on any atom is 0.387 e. The van der Waals surface area contributed by atoms with Gasteiger partial charge < -0.3 is 15.0 Å². The third kappa shape index (κ3) is 4.79. The summed E-state index contributed by atoms with van der Waals surface area (Å²) >= 11 is 1.23. The Labute approximate surface area is 174 Å². The Balaban J connectivity index is 1.35. The molecule has 0 bridgehead atoms. The van der Waals surface area contributed by atoms with Crippen LogP contribution in [-0.2, 0) is 0 Å². The molecule has 1 aliphatic rings. The number of rotatable bonds is 7. The van der Waals surface area contributed by atoms with Gasteiger partial charge >= 0.3 is 6.61 Å². The summed E-state index contributed by atoms with van der Waals surface area (Å²) in [5.74, 6) is 0.483. The molecule has 8 nitrogen and oxygen atoms in total. The molecule has 1 aliphatic heterocycles. The lowest BCUT2D eigenvalue weighted by Gasteiger charge is -2.22. The van der Waals surface area contributed by atoms with E-state index in [-0.39, 0.29) is 17.7 Å². The Kier molecular flexibility index (Phi) is 5.98. The lowest BCUT2D eigenvalue weighted by molar-refractivity contribution is -0.0495. The number of carbonyl (C=O) groups excluding carboxylic acids is 1. The van der Waals surface area contributed by atoms with Crippen molar-refractivity contribution in [2.24, 2.45) is 0 Å². The fraction of sp³-hybridized carbons (Fsp3) is 0.263. The van der Waals surface area contributed by atoms with Crippen molar-refractivity contribution in [1.82, 2.24) is 15.2 Å². The van der Waals surface area contributed by atoms with E-state index in [1.807, 2.05) is 4.90 Å². The predicted octanol–water partition coefficient (Wildman–Crippen LogP) is 3.48. The molecule has 0 saturated carbocycles. The SMILES string of the molecule is O=C(Nc1nncs1)c1ccc(NC2CCN(c3ccccc3OC(F)F)C2)nc1. The fourth-order valence-corrected chi connectivity index (χ4v) is 3.67. The van der Waals surface area contributed by atoms with Crippen LogP contribution < -0.4 is 20.3 Å². The number of alkyl halides is 2. The molecule has 1 amide bonds. The van der Waals surface area contributed by atoms with Gasteiger partial charge in [0.05, 0.1) is 11.3 Å². The first-order valence-corrected chi connectivity index (χ1v) is 10.1. The topological polar surface area (TPSA) is 92.3 Å². The van der Waals surface area contributed by atoms with E-state index >= 15 is 0 Å². The monoisotopic (exact) mass is 432 g/mol. The zero-order chi connectivity index (χ0) is 20.9. The molecule has 1 unspecified atom stereocenters. The highest BCUT2D eigenvalue weighted by Gasteiger charge is 2.25. The number of anilines is 3. The number of hydrogen-bond acceptors (Lipinski definition) is 8. The van der Waals surface area contributed by atoms with Crippen molar-refractivity contribution in [3.8, 4) is 5.75 Å². The summed E-state index contributed by atoms with van der Waals surface area (Å²) in [6, 6.07) is 10.2. The Morgan fingerprint density at radius 3 is 2.87 bits per heavy atom. The molecule has 2 aromatic heterocycles. The summed E-state index contributed by atoms with van der Waals surface area (Å²) in [7, 11) is 0. The third-order valence-corrected chi connectivity index (χ3v) is 5.18. The van der Waals surface area contributed by atoms with Gasteiger partial charge in [-0.05, 0) is 30.7 Å². The Morgan fingerprint density at radius 1 is 1.27 bits per heavy atom. The van der Waals surface area contributed by atoms with E-state index in [9.17, 15) is 13.6 Å². The van der Waals surface area contributed by atoms with Crippen LogP contribution in [0.3, 0.4) is 0 Å². The largest absolute Gasteiger partial charge is 0.433 e. The molecule has 4 rings (SSSR count). The van der Waals surface area contributed by atoms with Crippen LogP contribution in [0.1, 0.15) is 16.8 Å². The van der Waals surface area contributed by atoms with Crippen molar-refractivity contribution in [3.05, 3.63) is 53.7 Å². The molecular weight excluding hydrogens is 414 g/mol. The summed E-state index contributed by atoms with van der Waals surface area (Å²) in [5.41, 5.74) is 2.57. The molecule has 2 N–H and O–H groups in total. The summed E-state index contributed by atoms with van der Waals surface area (Å²) in [6.07, 6.45) is 2.29. The molecule has 30 heavy (non-hydrogen) atoms. The van der Waals surface area contributed by atoms with Crippen molar-refractivity contribution in [2.75, 3.05) is 28.6 Å². The van der Waals surface area contributed by atoms with Gasteiger partial charge in [0, 0.05) is 25.3 Å². The number of pyridine rings is 1. The highest BCUT2D eigenvalue weighted by molar-refractivity contribution is 7.13. The van der Waals surface area contributed by atoms with Crippen LogP contribution >= 0.6 is 11.3 Å². The predicted molar refractivity (Wildman–Crippen MR) is 109 cm³/mol. The zero-order valence-electron chi connectivity index (χ0n) is 15.7. The maximum absolute atomic E-state index is 12.7. The van der Waals surface area contributed by atoms with E-state index in [2.05, 4.69) is 30.6 Å². The molecule has 3 aromatic rings. The number of benzene rings is 1. The number of carbonyl (C=O) groups is 1. The lowest BCUT2D eigenvalue weighted by Crippen LogP contribution is -2.26.